The van der Waals surface area contributed by atoms with Crippen molar-refractivity contribution in [1.29, 1.82) is 0 Å². The molecule has 100 valence electrons. The molecule has 0 N–H and O–H groups in total. The summed E-state index contributed by atoms with van der Waals surface area (Å²) in [5.74, 6) is -0.647. The van der Waals surface area contributed by atoms with Gasteiger partial charge in [0, 0.05) is 10.7 Å². The molecule has 0 atom stereocenters. The molecular weight excluding hydrogens is 321 g/mol. The Hall–Kier alpha value is -0.650. The third-order valence-electron chi connectivity index (χ3n) is 1.59. The number of carbonyl (C=O) groups excluding carboxylic acids is 1. The Balaban J connectivity index is 2.72. The number of esters is 1. The van der Waals surface area contributed by atoms with Gasteiger partial charge in [-0.25, -0.2) is 4.79 Å². The van der Waals surface area contributed by atoms with Gasteiger partial charge in [-0.05, 0) is 42.8 Å². The third kappa shape index (κ3) is 5.80. The lowest BCUT2D eigenvalue weighted by molar-refractivity contribution is -0.160. The normalized spacial score (nSPS) is 13.8. The standard InChI is InChI=1S/C12H15BrClNO3/c1-12(2,3)18-11(16)7-17-6-10-9(13)4-8(14)5-15-10/h4-5H,6-7H2,1-3H3/i6D2. The van der Waals surface area contributed by atoms with Gasteiger partial charge in [0.2, 0.25) is 0 Å². The zero-order valence-corrected chi connectivity index (χ0v) is 12.6. The summed E-state index contributed by atoms with van der Waals surface area (Å²) in [5, 5.41) is 0.364. The molecule has 0 amide bonds. The molecule has 0 aromatic carbocycles. The van der Waals surface area contributed by atoms with E-state index in [2.05, 4.69) is 20.9 Å². The molecule has 0 saturated heterocycles. The second-order valence-electron chi connectivity index (χ2n) is 4.46. The average molecular weight is 339 g/mol. The number of rotatable bonds is 4. The summed E-state index contributed by atoms with van der Waals surface area (Å²) in [6.07, 6.45) is 1.30. The van der Waals surface area contributed by atoms with E-state index in [-0.39, 0.29) is 5.69 Å². The van der Waals surface area contributed by atoms with E-state index in [1.807, 2.05) is 0 Å². The number of carbonyl (C=O) groups is 1. The van der Waals surface area contributed by atoms with Gasteiger partial charge >= 0.3 is 5.97 Å². The van der Waals surface area contributed by atoms with Gasteiger partial charge < -0.3 is 9.47 Å². The van der Waals surface area contributed by atoms with Crippen molar-refractivity contribution >= 4 is 33.5 Å². The van der Waals surface area contributed by atoms with Gasteiger partial charge in [-0.15, -0.1) is 0 Å². The van der Waals surface area contributed by atoms with Crippen LogP contribution in [0.15, 0.2) is 16.7 Å². The van der Waals surface area contributed by atoms with Crippen LogP contribution in [0.4, 0.5) is 0 Å². The second kappa shape index (κ2) is 6.50. The number of hydrogen-bond donors (Lipinski definition) is 0. The lowest BCUT2D eigenvalue weighted by Gasteiger charge is -2.19. The van der Waals surface area contributed by atoms with E-state index < -0.39 is 24.7 Å². The first kappa shape index (κ1) is 12.4. The van der Waals surface area contributed by atoms with Gasteiger partial charge in [0.25, 0.3) is 0 Å². The molecule has 1 aromatic rings. The molecular formula is C12H15BrClNO3. The predicted molar refractivity (Wildman–Crippen MR) is 72.4 cm³/mol. The Kier molecular flexibility index (Phi) is 4.47. The zero-order valence-electron chi connectivity index (χ0n) is 12.3. The Morgan fingerprint density at radius 2 is 2.28 bits per heavy atom. The van der Waals surface area contributed by atoms with E-state index in [0.29, 0.717) is 9.50 Å². The minimum atomic E-state index is -2.24. The highest BCUT2D eigenvalue weighted by Crippen LogP contribution is 2.19. The van der Waals surface area contributed by atoms with Gasteiger partial charge in [0.1, 0.15) is 12.2 Å². The van der Waals surface area contributed by atoms with Crippen molar-refractivity contribution in [2.24, 2.45) is 0 Å². The lowest BCUT2D eigenvalue weighted by atomic mass is 10.2. The average Bonchev–Trinajstić information content (AvgIpc) is 2.23. The van der Waals surface area contributed by atoms with Crippen molar-refractivity contribution < 1.29 is 17.0 Å². The van der Waals surface area contributed by atoms with Crippen LogP contribution in [-0.4, -0.2) is 23.2 Å². The molecule has 0 unspecified atom stereocenters. The van der Waals surface area contributed by atoms with Gasteiger partial charge in [0.05, 0.1) is 20.0 Å². The maximum atomic E-state index is 11.5. The van der Waals surface area contributed by atoms with Crippen LogP contribution in [0.25, 0.3) is 0 Å². The number of nitrogens with zero attached hydrogens (tertiary/aromatic N) is 1. The summed E-state index contributed by atoms with van der Waals surface area (Å²) in [6.45, 7) is 2.41. The fourth-order valence-corrected chi connectivity index (χ4v) is 1.74. The van der Waals surface area contributed by atoms with Crippen LogP contribution in [-0.2, 0) is 20.8 Å². The van der Waals surface area contributed by atoms with Crippen LogP contribution in [0.3, 0.4) is 0 Å². The van der Waals surface area contributed by atoms with Crippen LogP contribution in [0.1, 0.15) is 29.2 Å². The van der Waals surface area contributed by atoms with Gasteiger partial charge in [-0.1, -0.05) is 11.6 Å². The van der Waals surface area contributed by atoms with E-state index in [4.69, 9.17) is 23.8 Å². The monoisotopic (exact) mass is 337 g/mol. The first-order valence-corrected chi connectivity index (χ1v) is 6.36. The zero-order chi connectivity index (χ0) is 15.6. The van der Waals surface area contributed by atoms with Crippen LogP contribution < -0.4 is 0 Å². The smallest absolute Gasteiger partial charge is 0.332 e. The van der Waals surface area contributed by atoms with Crippen molar-refractivity contribution in [1.82, 2.24) is 4.98 Å². The quantitative estimate of drug-likeness (QED) is 0.790. The summed E-state index contributed by atoms with van der Waals surface area (Å²) < 4.78 is 26.0. The molecule has 0 radical (unpaired) electrons. The SMILES string of the molecule is [2H]C([2H])(OCC(=O)OC(C)(C)C)c1ncc(Cl)cc1Br. The topological polar surface area (TPSA) is 48.4 Å². The highest BCUT2D eigenvalue weighted by Gasteiger charge is 2.16. The maximum Gasteiger partial charge on any atom is 0.332 e. The molecule has 0 spiro atoms. The summed E-state index contributed by atoms with van der Waals surface area (Å²) >= 11 is 8.89. The summed E-state index contributed by atoms with van der Waals surface area (Å²) in [6, 6.07) is 1.50. The Bertz CT molecular complexity index is 506. The van der Waals surface area contributed by atoms with Crippen molar-refractivity contribution in [2.45, 2.75) is 32.9 Å². The lowest BCUT2D eigenvalue weighted by Crippen LogP contribution is -2.26. The molecule has 4 nitrogen and oxygen atoms in total. The minimum Gasteiger partial charge on any atom is -0.458 e. The van der Waals surface area contributed by atoms with Crippen molar-refractivity contribution in [3.8, 4) is 0 Å². The van der Waals surface area contributed by atoms with E-state index in [9.17, 15) is 4.79 Å². The molecule has 0 aliphatic rings. The molecule has 0 aliphatic heterocycles. The summed E-state index contributed by atoms with van der Waals surface area (Å²) in [4.78, 5) is 15.4. The molecule has 0 fully saturated rings. The number of hydrogen-bond acceptors (Lipinski definition) is 4. The molecule has 1 heterocycles. The van der Waals surface area contributed by atoms with Crippen LogP contribution in [0.5, 0.6) is 0 Å². The predicted octanol–water partition coefficient (Wildman–Crippen LogP) is 3.36. The Morgan fingerprint density at radius 3 is 2.83 bits per heavy atom. The van der Waals surface area contributed by atoms with Crippen molar-refractivity contribution in [3.63, 3.8) is 0 Å². The number of pyridine rings is 1. The number of ether oxygens (including phenoxy) is 2. The molecule has 0 bridgehead atoms. The molecule has 18 heavy (non-hydrogen) atoms. The Morgan fingerprint density at radius 1 is 1.61 bits per heavy atom. The first-order valence-electron chi connectivity index (χ1n) is 6.18. The highest BCUT2D eigenvalue weighted by molar-refractivity contribution is 9.10. The van der Waals surface area contributed by atoms with Gasteiger partial charge in [0.15, 0.2) is 0 Å². The van der Waals surface area contributed by atoms with Gasteiger partial charge in [-0.3, -0.25) is 4.98 Å². The molecule has 1 rings (SSSR count). The van der Waals surface area contributed by atoms with E-state index in [1.54, 1.807) is 20.8 Å². The molecule has 0 aliphatic carbocycles. The van der Waals surface area contributed by atoms with Crippen molar-refractivity contribution in [3.05, 3.63) is 27.5 Å². The highest BCUT2D eigenvalue weighted by atomic mass is 79.9. The Labute approximate surface area is 123 Å². The van der Waals surface area contributed by atoms with Crippen LogP contribution >= 0.6 is 27.5 Å². The maximum absolute atomic E-state index is 11.5. The first-order chi connectivity index (χ1) is 9.01. The van der Waals surface area contributed by atoms with E-state index in [0.717, 1.165) is 0 Å². The van der Waals surface area contributed by atoms with E-state index in [1.165, 1.54) is 12.3 Å². The fraction of sp³-hybridized carbons (Fsp3) is 0.500. The number of aromatic nitrogens is 1. The van der Waals surface area contributed by atoms with Crippen LogP contribution in [0.2, 0.25) is 5.02 Å². The van der Waals surface area contributed by atoms with Crippen molar-refractivity contribution in [2.75, 3.05) is 6.61 Å². The molecule has 6 heteroatoms. The minimum absolute atomic E-state index is 0.00505. The number of halogens is 2. The molecule has 1 aromatic heterocycles. The fourth-order valence-electron chi connectivity index (χ4n) is 1.02. The summed E-state index contributed by atoms with van der Waals surface area (Å²) in [5.41, 5.74) is -0.642. The van der Waals surface area contributed by atoms with Gasteiger partial charge in [-0.2, -0.15) is 0 Å². The third-order valence-corrected chi connectivity index (χ3v) is 2.40. The second-order valence-corrected chi connectivity index (χ2v) is 5.75. The van der Waals surface area contributed by atoms with Crippen LogP contribution in [0, 0.1) is 0 Å². The summed E-state index contributed by atoms with van der Waals surface area (Å²) in [7, 11) is 0. The van der Waals surface area contributed by atoms with E-state index >= 15 is 0 Å². The molecule has 0 saturated carbocycles. The largest absolute Gasteiger partial charge is 0.458 e.